The maximum atomic E-state index is 13.3. The van der Waals surface area contributed by atoms with Gasteiger partial charge in [-0.3, -0.25) is 14.3 Å². The minimum Gasteiger partial charge on any atom is -0.381 e. The lowest BCUT2D eigenvalue weighted by atomic mass is 10.1. The van der Waals surface area contributed by atoms with Gasteiger partial charge in [-0.25, -0.2) is 12.8 Å². The molecule has 0 radical (unpaired) electrons. The number of carbonyl (C=O) groups is 1. The van der Waals surface area contributed by atoms with Crippen molar-refractivity contribution in [1.29, 1.82) is 0 Å². The van der Waals surface area contributed by atoms with Crippen molar-refractivity contribution in [2.75, 3.05) is 31.0 Å². The van der Waals surface area contributed by atoms with E-state index in [1.807, 2.05) is 6.92 Å². The number of hydrogen-bond acceptors (Lipinski definition) is 5. The average Bonchev–Trinajstić information content (AvgIpc) is 3.31. The van der Waals surface area contributed by atoms with Crippen molar-refractivity contribution in [2.24, 2.45) is 5.92 Å². The van der Waals surface area contributed by atoms with Crippen molar-refractivity contribution >= 4 is 32.5 Å². The maximum absolute atomic E-state index is 13.3. The summed E-state index contributed by atoms with van der Waals surface area (Å²) in [5.74, 6) is -0.611. The van der Waals surface area contributed by atoms with E-state index in [-0.39, 0.29) is 28.0 Å². The molecule has 0 aliphatic carbocycles. The number of sulfonamides is 1. The fourth-order valence-electron chi connectivity index (χ4n) is 3.87. The van der Waals surface area contributed by atoms with Crippen LogP contribution in [0, 0.1) is 11.7 Å². The van der Waals surface area contributed by atoms with E-state index in [4.69, 9.17) is 4.74 Å². The zero-order chi connectivity index (χ0) is 23.6. The molecule has 2 heterocycles. The molecule has 2 aromatic carbocycles. The Hall–Kier alpha value is -3.24. The largest absolute Gasteiger partial charge is 0.381 e. The van der Waals surface area contributed by atoms with E-state index in [1.54, 1.807) is 4.90 Å². The van der Waals surface area contributed by atoms with Crippen molar-refractivity contribution in [3.63, 3.8) is 0 Å². The topological polar surface area (TPSA) is 109 Å². The molecule has 0 bridgehead atoms. The highest BCUT2D eigenvalue weighted by Crippen LogP contribution is 2.24. The first-order valence-electron chi connectivity index (χ1n) is 10.6. The molecule has 0 saturated carbocycles. The fourth-order valence-corrected chi connectivity index (χ4v) is 4.96. The minimum atomic E-state index is -4.02. The number of rotatable bonds is 7. The number of amides is 1. The van der Waals surface area contributed by atoms with Gasteiger partial charge in [0.1, 0.15) is 5.82 Å². The number of H-pyrrole nitrogens is 1. The molecular formula is C23H24FN3O5S. The minimum absolute atomic E-state index is 0.0901. The van der Waals surface area contributed by atoms with Gasteiger partial charge >= 0.3 is 0 Å². The summed E-state index contributed by atoms with van der Waals surface area (Å²) in [6.45, 7) is 4.02. The lowest BCUT2D eigenvalue weighted by molar-refractivity contribution is 0.0732. The number of anilines is 1. The monoisotopic (exact) mass is 473 g/mol. The third kappa shape index (κ3) is 5.07. The number of aromatic nitrogens is 1. The van der Waals surface area contributed by atoms with Crippen LogP contribution in [0.3, 0.4) is 0 Å². The van der Waals surface area contributed by atoms with Gasteiger partial charge in [0, 0.05) is 48.3 Å². The Kier molecular flexibility index (Phi) is 6.48. The van der Waals surface area contributed by atoms with Gasteiger partial charge in [0.15, 0.2) is 0 Å². The van der Waals surface area contributed by atoms with Crippen LogP contribution in [0.2, 0.25) is 0 Å². The Labute approximate surface area is 190 Å². The van der Waals surface area contributed by atoms with Gasteiger partial charge in [-0.1, -0.05) is 0 Å². The standard InChI is InChI=1S/C23H24FN3O5S/c1-2-27(13-15-9-10-32-14-15)23(29)20-12-22(28)25-21-8-7-18(11-19(20)21)33(30,31)26-17-5-3-16(24)4-6-17/h3-8,11-12,15,26H,2,9-10,13-14H2,1H3,(H,25,28). The molecule has 8 nitrogen and oxygen atoms in total. The quantitative estimate of drug-likeness (QED) is 0.549. The van der Waals surface area contributed by atoms with Crippen molar-refractivity contribution in [3.05, 3.63) is 70.3 Å². The molecule has 1 amide bonds. The number of fused-ring (bicyclic) bond motifs is 1. The van der Waals surface area contributed by atoms with E-state index in [1.165, 1.54) is 36.4 Å². The number of ether oxygens (including phenoxy) is 1. The first-order valence-corrected chi connectivity index (χ1v) is 12.1. The Balaban J connectivity index is 1.71. The molecule has 10 heteroatoms. The molecule has 1 aliphatic heterocycles. The second kappa shape index (κ2) is 9.32. The Morgan fingerprint density at radius 1 is 1.21 bits per heavy atom. The summed E-state index contributed by atoms with van der Waals surface area (Å²) in [5.41, 5.74) is 0.233. The summed E-state index contributed by atoms with van der Waals surface area (Å²) in [4.78, 5) is 29.8. The van der Waals surface area contributed by atoms with Gasteiger partial charge in [0.05, 0.1) is 17.1 Å². The molecule has 1 unspecified atom stereocenters. The highest BCUT2D eigenvalue weighted by atomic mass is 32.2. The van der Waals surface area contributed by atoms with E-state index in [2.05, 4.69) is 9.71 Å². The highest BCUT2D eigenvalue weighted by Gasteiger charge is 2.25. The van der Waals surface area contributed by atoms with Crippen LogP contribution in [0.25, 0.3) is 10.9 Å². The van der Waals surface area contributed by atoms with Crippen molar-refractivity contribution in [3.8, 4) is 0 Å². The van der Waals surface area contributed by atoms with Crippen molar-refractivity contribution in [1.82, 2.24) is 9.88 Å². The predicted molar refractivity (Wildman–Crippen MR) is 122 cm³/mol. The highest BCUT2D eigenvalue weighted by molar-refractivity contribution is 7.92. The Morgan fingerprint density at radius 3 is 2.64 bits per heavy atom. The summed E-state index contributed by atoms with van der Waals surface area (Å²) in [6, 6.07) is 10.3. The van der Waals surface area contributed by atoms with E-state index in [0.29, 0.717) is 37.2 Å². The van der Waals surface area contributed by atoms with Crippen LogP contribution in [0.1, 0.15) is 23.7 Å². The number of hydrogen-bond donors (Lipinski definition) is 2. The Bertz CT molecular complexity index is 1330. The van der Waals surface area contributed by atoms with Gasteiger partial charge < -0.3 is 14.6 Å². The van der Waals surface area contributed by atoms with E-state index in [9.17, 15) is 22.4 Å². The lowest BCUT2D eigenvalue weighted by Crippen LogP contribution is -2.36. The van der Waals surface area contributed by atoms with Crippen LogP contribution in [0.15, 0.2) is 58.2 Å². The molecule has 1 aromatic heterocycles. The smallest absolute Gasteiger partial charge is 0.261 e. The first kappa shape index (κ1) is 22.9. The third-order valence-electron chi connectivity index (χ3n) is 5.62. The van der Waals surface area contributed by atoms with Crippen molar-refractivity contribution < 1.29 is 22.3 Å². The lowest BCUT2D eigenvalue weighted by Gasteiger charge is -2.24. The maximum Gasteiger partial charge on any atom is 0.261 e. The molecule has 4 rings (SSSR count). The van der Waals surface area contributed by atoms with Gasteiger partial charge in [-0.15, -0.1) is 0 Å². The van der Waals surface area contributed by atoms with Crippen LogP contribution in [0.5, 0.6) is 0 Å². The normalized spacial score (nSPS) is 16.1. The number of carbonyl (C=O) groups excluding carboxylic acids is 1. The molecule has 1 saturated heterocycles. The molecule has 1 aliphatic rings. The van der Waals surface area contributed by atoms with Gasteiger partial charge in [0.25, 0.3) is 15.9 Å². The van der Waals surface area contributed by atoms with Gasteiger partial charge in [-0.2, -0.15) is 0 Å². The molecule has 0 spiro atoms. The Morgan fingerprint density at radius 2 is 1.97 bits per heavy atom. The van der Waals surface area contributed by atoms with Gasteiger partial charge in [-0.05, 0) is 55.8 Å². The number of benzene rings is 2. The zero-order valence-corrected chi connectivity index (χ0v) is 18.8. The molecular weight excluding hydrogens is 449 g/mol. The summed E-state index contributed by atoms with van der Waals surface area (Å²) in [5, 5.41) is 0.322. The van der Waals surface area contributed by atoms with Crippen LogP contribution >= 0.6 is 0 Å². The second-order valence-corrected chi connectivity index (χ2v) is 9.62. The third-order valence-corrected chi connectivity index (χ3v) is 7.00. The molecule has 1 atom stereocenters. The summed E-state index contributed by atoms with van der Waals surface area (Å²) in [7, 11) is -4.02. The van der Waals surface area contributed by atoms with E-state index >= 15 is 0 Å². The van der Waals surface area contributed by atoms with E-state index in [0.717, 1.165) is 18.6 Å². The number of halogens is 1. The number of pyridine rings is 1. The predicted octanol–water partition coefficient (Wildman–Crippen LogP) is 2.97. The summed E-state index contributed by atoms with van der Waals surface area (Å²) < 4.78 is 46.8. The molecule has 1 fully saturated rings. The van der Waals surface area contributed by atoms with Crippen LogP contribution in [0.4, 0.5) is 10.1 Å². The SMILES string of the molecule is CCN(CC1CCOC1)C(=O)c1cc(=O)[nH]c2ccc(S(=O)(=O)Nc3ccc(F)cc3)cc12. The molecule has 33 heavy (non-hydrogen) atoms. The second-order valence-electron chi connectivity index (χ2n) is 7.94. The zero-order valence-electron chi connectivity index (χ0n) is 18.0. The summed E-state index contributed by atoms with van der Waals surface area (Å²) >= 11 is 0. The van der Waals surface area contributed by atoms with Crippen LogP contribution in [-0.4, -0.2) is 50.5 Å². The van der Waals surface area contributed by atoms with Crippen LogP contribution in [-0.2, 0) is 14.8 Å². The molecule has 2 N–H and O–H groups in total. The number of aromatic amines is 1. The average molecular weight is 474 g/mol. The van der Waals surface area contributed by atoms with Gasteiger partial charge in [0.2, 0.25) is 5.56 Å². The number of nitrogens with zero attached hydrogens (tertiary/aromatic N) is 1. The first-order chi connectivity index (χ1) is 15.8. The van der Waals surface area contributed by atoms with Crippen molar-refractivity contribution in [2.45, 2.75) is 18.2 Å². The van der Waals surface area contributed by atoms with Crippen LogP contribution < -0.4 is 10.3 Å². The fraction of sp³-hybridized carbons (Fsp3) is 0.304. The molecule has 3 aromatic rings. The molecule has 174 valence electrons. The summed E-state index contributed by atoms with van der Waals surface area (Å²) in [6.07, 6.45) is 0.858. The number of nitrogens with one attached hydrogen (secondary N) is 2. The van der Waals surface area contributed by atoms with E-state index < -0.39 is 21.4 Å².